The van der Waals surface area contributed by atoms with Gasteiger partial charge in [-0.3, -0.25) is 19.3 Å². The Balaban J connectivity index is 2.00. The molecule has 0 radical (unpaired) electrons. The number of aromatic hydroxyl groups is 1. The first-order valence-electron chi connectivity index (χ1n) is 9.78. The number of aliphatic hydroxyl groups excluding tert-OH is 2. The van der Waals surface area contributed by atoms with E-state index in [0.29, 0.717) is 14.8 Å². The van der Waals surface area contributed by atoms with Gasteiger partial charge >= 0.3 is 0 Å². The molecule has 170 valence electrons. The molecule has 1 aromatic rings. The Morgan fingerprint density at radius 1 is 1.25 bits per heavy atom. The topological polar surface area (TPSA) is 187 Å². The molecular formula is C21H22IN3O7. The predicted molar refractivity (Wildman–Crippen MR) is 121 cm³/mol. The number of halogens is 1. The summed E-state index contributed by atoms with van der Waals surface area (Å²) in [5, 5.41) is 43.8. The number of primary amides is 1. The van der Waals surface area contributed by atoms with Gasteiger partial charge in [-0.1, -0.05) is 0 Å². The summed E-state index contributed by atoms with van der Waals surface area (Å²) < 4.78 is 0.360. The Morgan fingerprint density at radius 2 is 1.88 bits per heavy atom. The number of aliphatic hydroxyl groups is 3. The zero-order chi connectivity index (χ0) is 23.9. The molecule has 1 amide bonds. The quantitative estimate of drug-likeness (QED) is 0.128. The third-order valence-corrected chi connectivity index (χ3v) is 7.53. The number of benzene rings is 1. The first kappa shape index (κ1) is 22.6. The number of ketones is 2. The van der Waals surface area contributed by atoms with E-state index in [1.807, 2.05) is 22.6 Å². The number of carbonyl (C=O) groups excluding carboxylic acids is 3. The van der Waals surface area contributed by atoms with Crippen LogP contribution in [-0.4, -0.2) is 68.5 Å². The molecule has 4 rings (SSSR count). The minimum Gasteiger partial charge on any atom is -0.508 e. The van der Waals surface area contributed by atoms with Crippen molar-refractivity contribution in [1.29, 1.82) is 0 Å². The van der Waals surface area contributed by atoms with Gasteiger partial charge in [-0.25, -0.2) is 0 Å². The Labute approximate surface area is 196 Å². The standard InChI is InChI=1S/C21H22IN3O7/c1-25(2)14-8-4-6-3-7-10(23)5-9(22)15(26)12(7)16(27)11(6)18(29)21(8,32)19(30)13(17(14)28)20(24)31/h5-6,8,14,26-27,30,32H,3-4,23H2,1-2H3,(H2,24,31)/t6?,8?,14-,21?/m0/s1. The second-order valence-electron chi connectivity index (χ2n) is 8.61. The lowest BCUT2D eigenvalue weighted by atomic mass is 9.57. The van der Waals surface area contributed by atoms with E-state index in [4.69, 9.17) is 11.5 Å². The summed E-state index contributed by atoms with van der Waals surface area (Å²) in [4.78, 5) is 40.0. The van der Waals surface area contributed by atoms with Gasteiger partial charge in [0.25, 0.3) is 5.91 Å². The number of nitrogens with zero attached hydrogens (tertiary/aromatic N) is 1. The van der Waals surface area contributed by atoms with Crippen LogP contribution in [0.15, 0.2) is 23.0 Å². The lowest BCUT2D eigenvalue weighted by molar-refractivity contribution is -0.153. The zero-order valence-corrected chi connectivity index (χ0v) is 19.4. The molecule has 3 aliphatic rings. The van der Waals surface area contributed by atoms with Gasteiger partial charge in [0, 0.05) is 17.2 Å². The van der Waals surface area contributed by atoms with Gasteiger partial charge in [-0.2, -0.15) is 0 Å². The maximum absolute atomic E-state index is 13.6. The van der Waals surface area contributed by atoms with Gasteiger partial charge in [0.15, 0.2) is 11.4 Å². The molecule has 1 aromatic carbocycles. The van der Waals surface area contributed by atoms with Crippen molar-refractivity contribution in [1.82, 2.24) is 4.90 Å². The number of amides is 1. The number of rotatable bonds is 2. The fraction of sp³-hybridized carbons (Fsp3) is 0.381. The fourth-order valence-corrected chi connectivity index (χ4v) is 5.91. The molecule has 0 heterocycles. The van der Waals surface area contributed by atoms with E-state index in [0.717, 1.165) is 0 Å². The zero-order valence-electron chi connectivity index (χ0n) is 17.2. The molecule has 4 atom stereocenters. The van der Waals surface area contributed by atoms with Crippen LogP contribution in [0.1, 0.15) is 17.5 Å². The van der Waals surface area contributed by atoms with E-state index in [-0.39, 0.29) is 29.7 Å². The second-order valence-corrected chi connectivity index (χ2v) is 9.77. The van der Waals surface area contributed by atoms with Gasteiger partial charge in [-0.15, -0.1) is 0 Å². The van der Waals surface area contributed by atoms with E-state index in [1.54, 1.807) is 20.2 Å². The summed E-state index contributed by atoms with van der Waals surface area (Å²) in [5.74, 6) is -6.78. The first-order valence-corrected chi connectivity index (χ1v) is 10.9. The van der Waals surface area contributed by atoms with E-state index in [1.165, 1.54) is 4.90 Å². The van der Waals surface area contributed by atoms with Gasteiger partial charge in [0.1, 0.15) is 22.8 Å². The Morgan fingerprint density at radius 3 is 2.44 bits per heavy atom. The highest BCUT2D eigenvalue weighted by Gasteiger charge is 2.64. The number of phenols is 1. The molecular weight excluding hydrogens is 533 g/mol. The van der Waals surface area contributed by atoms with Crippen LogP contribution in [0.3, 0.4) is 0 Å². The van der Waals surface area contributed by atoms with Gasteiger partial charge < -0.3 is 31.9 Å². The normalized spacial score (nSPS) is 29.7. The summed E-state index contributed by atoms with van der Waals surface area (Å²) in [5.41, 5.74) is 8.48. The third-order valence-electron chi connectivity index (χ3n) is 6.71. The van der Waals surface area contributed by atoms with Crippen LogP contribution in [0.4, 0.5) is 5.69 Å². The van der Waals surface area contributed by atoms with E-state index in [2.05, 4.69) is 0 Å². The highest BCUT2D eigenvalue weighted by molar-refractivity contribution is 14.1. The summed E-state index contributed by atoms with van der Waals surface area (Å²) in [6.07, 6.45) is 0.197. The lowest BCUT2D eigenvalue weighted by Crippen LogP contribution is -2.65. The molecule has 32 heavy (non-hydrogen) atoms. The van der Waals surface area contributed by atoms with Crippen molar-refractivity contribution in [2.75, 3.05) is 19.8 Å². The van der Waals surface area contributed by atoms with Crippen LogP contribution in [0.5, 0.6) is 5.75 Å². The van der Waals surface area contributed by atoms with Crippen LogP contribution in [-0.2, 0) is 20.8 Å². The molecule has 1 saturated carbocycles. The van der Waals surface area contributed by atoms with E-state index < -0.39 is 58.0 Å². The largest absolute Gasteiger partial charge is 0.508 e. The van der Waals surface area contributed by atoms with Crippen molar-refractivity contribution in [2.24, 2.45) is 17.6 Å². The van der Waals surface area contributed by atoms with Gasteiger partial charge in [0.2, 0.25) is 5.78 Å². The average molecular weight is 555 g/mol. The Kier molecular flexibility index (Phi) is 5.06. The number of hydrogen-bond acceptors (Lipinski definition) is 9. The Bertz CT molecular complexity index is 1170. The minimum atomic E-state index is -2.65. The van der Waals surface area contributed by atoms with Crippen LogP contribution < -0.4 is 11.5 Å². The first-order chi connectivity index (χ1) is 14.8. The van der Waals surface area contributed by atoms with Crippen molar-refractivity contribution in [3.8, 4) is 5.75 Å². The molecule has 3 unspecified atom stereocenters. The number of nitrogen functional groups attached to an aromatic ring is 1. The molecule has 3 aliphatic carbocycles. The molecule has 11 heteroatoms. The number of fused-ring (bicyclic) bond motifs is 3. The highest BCUT2D eigenvalue weighted by atomic mass is 127. The molecule has 1 fully saturated rings. The van der Waals surface area contributed by atoms with Crippen LogP contribution in [0.2, 0.25) is 0 Å². The smallest absolute Gasteiger partial charge is 0.255 e. The van der Waals surface area contributed by atoms with Crippen molar-refractivity contribution in [3.05, 3.63) is 37.7 Å². The summed E-state index contributed by atoms with van der Waals surface area (Å²) in [6, 6.07) is 0.434. The maximum Gasteiger partial charge on any atom is 0.255 e. The predicted octanol–water partition coefficient (Wildman–Crippen LogP) is 0.151. The average Bonchev–Trinajstić information content (AvgIpc) is 2.68. The summed E-state index contributed by atoms with van der Waals surface area (Å²) >= 11 is 1.84. The van der Waals surface area contributed by atoms with Crippen molar-refractivity contribution in [3.63, 3.8) is 0 Å². The fourth-order valence-electron chi connectivity index (χ4n) is 5.31. The molecule has 0 aromatic heterocycles. The van der Waals surface area contributed by atoms with Crippen LogP contribution >= 0.6 is 22.6 Å². The van der Waals surface area contributed by atoms with Crippen molar-refractivity contribution >= 4 is 51.5 Å². The number of phenolic OH excluding ortho intramolecular Hbond substituents is 1. The SMILES string of the molecule is CN(C)[C@@H]1C(=O)C(C(N)=O)=C(O)C2(O)C(=O)C3=C(O)c4c(O)c(I)cc(N)c4CC3CC12. The molecule has 0 spiro atoms. The summed E-state index contributed by atoms with van der Waals surface area (Å²) in [7, 11) is 3.09. The monoisotopic (exact) mass is 555 g/mol. The molecule has 0 aliphatic heterocycles. The number of likely N-dealkylation sites (N-methyl/N-ethyl adjacent to an activating group) is 1. The number of hydrogen-bond donors (Lipinski definition) is 6. The second kappa shape index (κ2) is 7.18. The van der Waals surface area contributed by atoms with E-state index >= 15 is 0 Å². The van der Waals surface area contributed by atoms with Gasteiger partial charge in [0.05, 0.1) is 15.2 Å². The molecule has 8 N–H and O–H groups in total. The number of anilines is 1. The molecule has 0 bridgehead atoms. The van der Waals surface area contributed by atoms with Gasteiger partial charge in [-0.05, 0) is 67.1 Å². The number of nitrogens with two attached hydrogens (primary N) is 2. The number of carbonyl (C=O) groups is 3. The van der Waals surface area contributed by atoms with E-state index in [9.17, 15) is 34.8 Å². The Hall–Kier alpha value is -2.64. The van der Waals surface area contributed by atoms with Crippen molar-refractivity contribution < 1.29 is 34.8 Å². The minimum absolute atomic E-state index is 0.00862. The van der Waals surface area contributed by atoms with Crippen LogP contribution in [0, 0.1) is 15.4 Å². The highest BCUT2D eigenvalue weighted by Crippen LogP contribution is 2.53. The maximum atomic E-state index is 13.6. The van der Waals surface area contributed by atoms with Crippen LogP contribution in [0.25, 0.3) is 5.76 Å². The molecule has 0 saturated heterocycles. The van der Waals surface area contributed by atoms with Crippen molar-refractivity contribution in [2.45, 2.75) is 24.5 Å². The lowest BCUT2D eigenvalue weighted by Gasteiger charge is -2.50. The number of Topliss-reactive ketones (excluding diaryl/α,β-unsaturated/α-hetero) is 2. The molecule has 10 nitrogen and oxygen atoms in total. The summed E-state index contributed by atoms with van der Waals surface area (Å²) in [6.45, 7) is 0. The third kappa shape index (κ3) is 2.74.